The first kappa shape index (κ1) is 13.3. The van der Waals surface area contributed by atoms with Crippen LogP contribution in [0.3, 0.4) is 0 Å². The standard InChI is InChI=1S/C14H18ClN5O/c15-11-7-12(20-13(18-11)16-9-17-20)19-6-5-14(21)4-2-1-3-10(14)8-19/h7,9-10,21H,1-6,8H2. The molecule has 2 aromatic rings. The van der Waals surface area contributed by atoms with Gasteiger partial charge < -0.3 is 10.0 Å². The average molecular weight is 308 g/mol. The summed E-state index contributed by atoms with van der Waals surface area (Å²) >= 11 is 6.10. The predicted molar refractivity (Wildman–Crippen MR) is 79.5 cm³/mol. The van der Waals surface area contributed by atoms with E-state index in [2.05, 4.69) is 20.0 Å². The number of piperidine rings is 1. The van der Waals surface area contributed by atoms with Crippen LogP contribution in [-0.4, -0.2) is 43.4 Å². The number of nitrogens with zero attached hydrogens (tertiary/aromatic N) is 5. The summed E-state index contributed by atoms with van der Waals surface area (Å²) in [5.41, 5.74) is -0.479. The van der Waals surface area contributed by atoms with E-state index in [1.807, 2.05) is 6.07 Å². The summed E-state index contributed by atoms with van der Waals surface area (Å²) in [6, 6.07) is 1.83. The largest absolute Gasteiger partial charge is 0.389 e. The molecule has 7 heteroatoms. The molecule has 1 saturated carbocycles. The van der Waals surface area contributed by atoms with Gasteiger partial charge in [0.25, 0.3) is 5.78 Å². The summed E-state index contributed by atoms with van der Waals surface area (Å²) in [7, 11) is 0. The summed E-state index contributed by atoms with van der Waals surface area (Å²) in [5.74, 6) is 1.75. The second kappa shape index (κ2) is 4.81. The number of fused-ring (bicyclic) bond motifs is 2. The second-order valence-corrected chi connectivity index (χ2v) is 6.54. The van der Waals surface area contributed by atoms with Crippen LogP contribution < -0.4 is 4.90 Å². The van der Waals surface area contributed by atoms with Crippen LogP contribution in [-0.2, 0) is 0 Å². The first-order chi connectivity index (χ1) is 10.2. The maximum absolute atomic E-state index is 10.8. The van der Waals surface area contributed by atoms with E-state index in [-0.39, 0.29) is 0 Å². The zero-order valence-corrected chi connectivity index (χ0v) is 12.5. The van der Waals surface area contributed by atoms with E-state index >= 15 is 0 Å². The van der Waals surface area contributed by atoms with Gasteiger partial charge in [-0.05, 0) is 19.3 Å². The van der Waals surface area contributed by atoms with Crippen molar-refractivity contribution in [2.75, 3.05) is 18.0 Å². The van der Waals surface area contributed by atoms with Gasteiger partial charge >= 0.3 is 0 Å². The van der Waals surface area contributed by atoms with Gasteiger partial charge in [0.2, 0.25) is 0 Å². The van der Waals surface area contributed by atoms with Crippen LogP contribution in [0, 0.1) is 5.92 Å². The molecular weight excluding hydrogens is 290 g/mol. The lowest BCUT2D eigenvalue weighted by atomic mass is 9.71. The minimum Gasteiger partial charge on any atom is -0.389 e. The molecule has 1 aliphatic heterocycles. The van der Waals surface area contributed by atoms with Crippen LogP contribution in [0.25, 0.3) is 5.78 Å². The molecule has 6 nitrogen and oxygen atoms in total. The van der Waals surface area contributed by atoms with E-state index < -0.39 is 5.60 Å². The Morgan fingerprint density at radius 3 is 3.14 bits per heavy atom. The van der Waals surface area contributed by atoms with Crippen LogP contribution in [0.15, 0.2) is 12.4 Å². The molecule has 0 aromatic carbocycles. The summed E-state index contributed by atoms with van der Waals surface area (Å²) in [6.45, 7) is 1.65. The Bertz CT molecular complexity index is 674. The number of halogens is 1. The summed E-state index contributed by atoms with van der Waals surface area (Å²) in [5, 5.41) is 15.4. The Kier molecular flexibility index (Phi) is 3.04. The molecule has 0 bridgehead atoms. The highest BCUT2D eigenvalue weighted by Gasteiger charge is 2.43. The van der Waals surface area contributed by atoms with Crippen molar-refractivity contribution in [1.29, 1.82) is 0 Å². The molecule has 21 heavy (non-hydrogen) atoms. The molecule has 1 saturated heterocycles. The fourth-order valence-corrected chi connectivity index (χ4v) is 3.95. The molecule has 1 aliphatic carbocycles. The minimum absolute atomic E-state index is 0.325. The molecule has 112 valence electrons. The normalized spacial score (nSPS) is 29.6. The Labute approximate surface area is 127 Å². The molecule has 2 fully saturated rings. The van der Waals surface area contributed by atoms with Crippen LogP contribution in [0.4, 0.5) is 5.82 Å². The smallest absolute Gasteiger partial charge is 0.255 e. The topological polar surface area (TPSA) is 66.5 Å². The zero-order chi connectivity index (χ0) is 14.4. The molecule has 0 radical (unpaired) electrons. The van der Waals surface area contributed by atoms with Gasteiger partial charge in [0.05, 0.1) is 5.60 Å². The first-order valence-electron chi connectivity index (χ1n) is 7.49. The molecule has 4 rings (SSSR count). The third kappa shape index (κ3) is 2.17. The molecule has 2 unspecified atom stereocenters. The van der Waals surface area contributed by atoms with Crippen molar-refractivity contribution in [1.82, 2.24) is 19.6 Å². The van der Waals surface area contributed by atoms with Gasteiger partial charge in [-0.1, -0.05) is 24.4 Å². The molecule has 2 aromatic heterocycles. The molecule has 0 spiro atoms. The fourth-order valence-electron chi connectivity index (χ4n) is 3.77. The van der Waals surface area contributed by atoms with Gasteiger partial charge in [-0.2, -0.15) is 19.6 Å². The highest BCUT2D eigenvalue weighted by atomic mass is 35.5. The number of hydrogen-bond donors (Lipinski definition) is 1. The van der Waals surface area contributed by atoms with Gasteiger partial charge in [-0.15, -0.1) is 0 Å². The van der Waals surface area contributed by atoms with Crippen molar-refractivity contribution in [3.8, 4) is 0 Å². The molecule has 2 atom stereocenters. The van der Waals surface area contributed by atoms with Crippen molar-refractivity contribution in [3.63, 3.8) is 0 Å². The van der Waals surface area contributed by atoms with Gasteiger partial charge in [0.1, 0.15) is 17.3 Å². The predicted octanol–water partition coefficient (Wildman–Crippen LogP) is 1.91. The van der Waals surface area contributed by atoms with Crippen molar-refractivity contribution < 1.29 is 5.11 Å². The minimum atomic E-state index is -0.479. The Morgan fingerprint density at radius 1 is 1.33 bits per heavy atom. The Balaban J connectivity index is 1.68. The van der Waals surface area contributed by atoms with E-state index in [4.69, 9.17) is 11.6 Å². The number of rotatable bonds is 1. The molecule has 1 N–H and O–H groups in total. The maximum atomic E-state index is 10.8. The lowest BCUT2D eigenvalue weighted by Gasteiger charge is -2.47. The summed E-state index contributed by atoms with van der Waals surface area (Å²) in [6.07, 6.45) is 6.66. The number of hydrogen-bond acceptors (Lipinski definition) is 5. The summed E-state index contributed by atoms with van der Waals surface area (Å²) in [4.78, 5) is 10.5. The van der Waals surface area contributed by atoms with Crippen molar-refractivity contribution in [2.24, 2.45) is 5.92 Å². The van der Waals surface area contributed by atoms with Crippen LogP contribution in [0.1, 0.15) is 32.1 Å². The lowest BCUT2D eigenvalue weighted by molar-refractivity contribution is -0.0614. The summed E-state index contributed by atoms with van der Waals surface area (Å²) < 4.78 is 1.72. The lowest BCUT2D eigenvalue weighted by Crippen LogP contribution is -2.53. The Hall–Kier alpha value is -1.40. The van der Waals surface area contributed by atoms with Gasteiger partial charge in [-0.3, -0.25) is 0 Å². The first-order valence-corrected chi connectivity index (χ1v) is 7.87. The Morgan fingerprint density at radius 2 is 2.24 bits per heavy atom. The van der Waals surface area contributed by atoms with Gasteiger partial charge in [0, 0.05) is 25.1 Å². The van der Waals surface area contributed by atoms with Gasteiger partial charge in [-0.25, -0.2) is 0 Å². The maximum Gasteiger partial charge on any atom is 0.255 e. The van der Waals surface area contributed by atoms with Crippen LogP contribution >= 0.6 is 11.6 Å². The van der Waals surface area contributed by atoms with E-state index in [0.717, 1.165) is 44.6 Å². The molecule has 2 aliphatic rings. The van der Waals surface area contributed by atoms with E-state index in [9.17, 15) is 5.11 Å². The second-order valence-electron chi connectivity index (χ2n) is 6.15. The highest BCUT2D eigenvalue weighted by molar-refractivity contribution is 6.29. The van der Waals surface area contributed by atoms with Crippen LogP contribution in [0.2, 0.25) is 5.15 Å². The van der Waals surface area contributed by atoms with Crippen molar-refractivity contribution in [2.45, 2.75) is 37.7 Å². The van der Waals surface area contributed by atoms with Crippen LogP contribution in [0.5, 0.6) is 0 Å². The van der Waals surface area contributed by atoms with E-state index in [1.54, 1.807) is 4.52 Å². The number of aromatic nitrogens is 4. The molecule has 0 amide bonds. The monoisotopic (exact) mass is 307 g/mol. The third-order valence-corrected chi connectivity index (χ3v) is 5.15. The van der Waals surface area contributed by atoms with Crippen molar-refractivity contribution in [3.05, 3.63) is 17.5 Å². The van der Waals surface area contributed by atoms with Gasteiger partial charge in [0.15, 0.2) is 0 Å². The van der Waals surface area contributed by atoms with E-state index in [1.165, 1.54) is 12.7 Å². The average Bonchev–Trinajstić information content (AvgIpc) is 2.93. The SMILES string of the molecule is OC12CCCCC1CN(c1cc(Cl)nc3ncnn13)CC2. The molecular formula is C14H18ClN5O. The number of anilines is 1. The highest BCUT2D eigenvalue weighted by Crippen LogP contribution is 2.40. The van der Waals surface area contributed by atoms with E-state index in [0.29, 0.717) is 16.8 Å². The fraction of sp³-hybridized carbons (Fsp3) is 0.643. The third-order valence-electron chi connectivity index (χ3n) is 4.95. The zero-order valence-electron chi connectivity index (χ0n) is 11.7. The van der Waals surface area contributed by atoms with Crippen molar-refractivity contribution >= 4 is 23.2 Å². The quantitative estimate of drug-likeness (QED) is 0.815. The molecule has 3 heterocycles. The number of aliphatic hydroxyl groups is 1.